The maximum atomic E-state index is 12.3. The number of nitrogens with one attached hydrogen (secondary N) is 1. The van der Waals surface area contributed by atoms with Gasteiger partial charge in [-0.25, -0.2) is 0 Å². The Morgan fingerprint density at radius 3 is 2.73 bits per heavy atom. The molecule has 22 heavy (non-hydrogen) atoms. The van der Waals surface area contributed by atoms with E-state index >= 15 is 0 Å². The first-order valence-corrected chi connectivity index (χ1v) is 6.76. The van der Waals surface area contributed by atoms with Gasteiger partial charge in [0.25, 0.3) is 5.69 Å². The van der Waals surface area contributed by atoms with Gasteiger partial charge in [0.2, 0.25) is 5.91 Å². The van der Waals surface area contributed by atoms with Gasteiger partial charge in [0.1, 0.15) is 11.4 Å². The summed E-state index contributed by atoms with van der Waals surface area (Å²) in [5.74, 6) is 0.427. The number of hydrogen-bond donors (Lipinski definition) is 1. The van der Waals surface area contributed by atoms with Crippen LogP contribution in [0, 0.1) is 10.1 Å². The van der Waals surface area contributed by atoms with Crippen LogP contribution in [-0.4, -0.2) is 28.8 Å². The predicted octanol–water partition coefficient (Wildman–Crippen LogP) is 2.65. The second kappa shape index (κ2) is 6.86. The third-order valence-corrected chi connectivity index (χ3v) is 3.38. The standard InChI is InChI=1S/C15H17N3O4/c1-11(17(2)10-12-6-5-9-22-12)15(19)16-13-7-3-4-8-14(13)18(20)21/h3-9,11H,10H2,1-2H3,(H,16,19)/t11-/m0/s1. The van der Waals surface area contributed by atoms with Crippen molar-refractivity contribution in [1.29, 1.82) is 0 Å². The lowest BCUT2D eigenvalue weighted by atomic mass is 10.2. The predicted molar refractivity (Wildman–Crippen MR) is 81.4 cm³/mol. The molecule has 0 saturated carbocycles. The number of nitro benzene ring substituents is 1. The number of likely N-dealkylation sites (N-methyl/N-ethyl adjacent to an activating group) is 1. The fourth-order valence-corrected chi connectivity index (χ4v) is 1.96. The van der Waals surface area contributed by atoms with Crippen molar-refractivity contribution in [2.75, 3.05) is 12.4 Å². The number of para-hydroxylation sites is 2. The third kappa shape index (κ3) is 3.70. The molecule has 116 valence electrons. The van der Waals surface area contributed by atoms with Crippen molar-refractivity contribution in [2.24, 2.45) is 0 Å². The fraction of sp³-hybridized carbons (Fsp3) is 0.267. The first-order chi connectivity index (χ1) is 10.5. The number of nitro groups is 1. The largest absolute Gasteiger partial charge is 0.468 e. The number of hydrogen-bond acceptors (Lipinski definition) is 5. The molecular formula is C15H17N3O4. The number of carbonyl (C=O) groups is 1. The molecule has 0 unspecified atom stereocenters. The van der Waals surface area contributed by atoms with Crippen molar-refractivity contribution in [3.8, 4) is 0 Å². The molecule has 0 bridgehead atoms. The summed E-state index contributed by atoms with van der Waals surface area (Å²) in [4.78, 5) is 24.5. The molecule has 2 rings (SSSR count). The normalized spacial score (nSPS) is 12.1. The zero-order chi connectivity index (χ0) is 16.1. The van der Waals surface area contributed by atoms with Crippen LogP contribution in [0.1, 0.15) is 12.7 Å². The summed E-state index contributed by atoms with van der Waals surface area (Å²) in [6.07, 6.45) is 1.57. The number of furan rings is 1. The van der Waals surface area contributed by atoms with E-state index in [2.05, 4.69) is 5.32 Å². The molecule has 7 heteroatoms. The summed E-state index contributed by atoms with van der Waals surface area (Å²) < 4.78 is 5.24. The molecule has 7 nitrogen and oxygen atoms in total. The quantitative estimate of drug-likeness (QED) is 0.654. The lowest BCUT2D eigenvalue weighted by molar-refractivity contribution is -0.383. The highest BCUT2D eigenvalue weighted by atomic mass is 16.6. The Labute approximate surface area is 127 Å². The van der Waals surface area contributed by atoms with E-state index in [9.17, 15) is 14.9 Å². The van der Waals surface area contributed by atoms with E-state index in [0.717, 1.165) is 5.76 Å². The second-order valence-corrected chi connectivity index (χ2v) is 4.93. The van der Waals surface area contributed by atoms with Gasteiger partial charge in [-0.2, -0.15) is 0 Å². The van der Waals surface area contributed by atoms with Gasteiger partial charge in [0, 0.05) is 6.07 Å². The Hall–Kier alpha value is -2.67. The molecule has 1 aromatic carbocycles. The zero-order valence-electron chi connectivity index (χ0n) is 12.4. The number of benzene rings is 1. The first-order valence-electron chi connectivity index (χ1n) is 6.76. The van der Waals surface area contributed by atoms with E-state index in [0.29, 0.717) is 6.54 Å². The van der Waals surface area contributed by atoms with E-state index in [1.54, 1.807) is 43.3 Å². The van der Waals surface area contributed by atoms with Crippen LogP contribution in [-0.2, 0) is 11.3 Å². The summed E-state index contributed by atoms with van der Waals surface area (Å²) in [5.41, 5.74) is 0.0625. The zero-order valence-corrected chi connectivity index (χ0v) is 12.4. The highest BCUT2D eigenvalue weighted by molar-refractivity contribution is 5.96. The molecule has 0 radical (unpaired) electrons. The minimum Gasteiger partial charge on any atom is -0.468 e. The Kier molecular flexibility index (Phi) is 4.90. The molecule has 2 aromatic rings. The highest BCUT2D eigenvalue weighted by Crippen LogP contribution is 2.23. The molecule has 1 N–H and O–H groups in total. The number of rotatable bonds is 6. The van der Waals surface area contributed by atoms with Gasteiger partial charge in [0.05, 0.1) is 23.8 Å². The molecule has 0 aliphatic carbocycles. The van der Waals surface area contributed by atoms with E-state index < -0.39 is 11.0 Å². The second-order valence-electron chi connectivity index (χ2n) is 4.93. The molecule has 0 aliphatic rings. The van der Waals surface area contributed by atoms with Crippen LogP contribution in [0.25, 0.3) is 0 Å². The van der Waals surface area contributed by atoms with Crippen molar-refractivity contribution in [3.63, 3.8) is 0 Å². The van der Waals surface area contributed by atoms with Gasteiger partial charge in [-0.15, -0.1) is 0 Å². The number of carbonyl (C=O) groups excluding carboxylic acids is 1. The molecular weight excluding hydrogens is 286 g/mol. The molecule has 0 saturated heterocycles. The van der Waals surface area contributed by atoms with Crippen LogP contribution in [0.15, 0.2) is 47.1 Å². The summed E-state index contributed by atoms with van der Waals surface area (Å²) in [6, 6.07) is 9.19. The van der Waals surface area contributed by atoms with Crippen LogP contribution in [0.2, 0.25) is 0 Å². The van der Waals surface area contributed by atoms with Crippen molar-refractivity contribution in [1.82, 2.24) is 4.90 Å². The van der Waals surface area contributed by atoms with Crippen LogP contribution in [0.4, 0.5) is 11.4 Å². The molecule has 0 spiro atoms. The van der Waals surface area contributed by atoms with Gasteiger partial charge in [-0.3, -0.25) is 19.8 Å². The van der Waals surface area contributed by atoms with Crippen LogP contribution < -0.4 is 5.32 Å². The highest BCUT2D eigenvalue weighted by Gasteiger charge is 2.22. The smallest absolute Gasteiger partial charge is 0.292 e. The number of anilines is 1. The average molecular weight is 303 g/mol. The Morgan fingerprint density at radius 1 is 1.36 bits per heavy atom. The molecule has 1 atom stereocenters. The number of amides is 1. The maximum Gasteiger partial charge on any atom is 0.292 e. The van der Waals surface area contributed by atoms with E-state index in [1.165, 1.54) is 12.1 Å². The Bertz CT molecular complexity index is 655. The Morgan fingerprint density at radius 2 is 2.09 bits per heavy atom. The Balaban J connectivity index is 2.04. The number of nitrogens with zero attached hydrogens (tertiary/aromatic N) is 2. The summed E-state index contributed by atoms with van der Waals surface area (Å²) in [6.45, 7) is 2.20. The fourth-order valence-electron chi connectivity index (χ4n) is 1.96. The minimum atomic E-state index is -0.521. The lowest BCUT2D eigenvalue weighted by Crippen LogP contribution is -2.39. The van der Waals surface area contributed by atoms with E-state index in [-0.39, 0.29) is 17.3 Å². The van der Waals surface area contributed by atoms with Gasteiger partial charge < -0.3 is 9.73 Å². The van der Waals surface area contributed by atoms with E-state index in [1.807, 2.05) is 6.07 Å². The minimum absolute atomic E-state index is 0.128. The molecule has 1 aromatic heterocycles. The maximum absolute atomic E-state index is 12.3. The third-order valence-electron chi connectivity index (χ3n) is 3.38. The average Bonchev–Trinajstić information content (AvgIpc) is 2.99. The molecule has 0 aliphatic heterocycles. The van der Waals surface area contributed by atoms with Crippen molar-refractivity contribution >= 4 is 17.3 Å². The van der Waals surface area contributed by atoms with Crippen molar-refractivity contribution in [3.05, 3.63) is 58.5 Å². The summed E-state index contributed by atoms with van der Waals surface area (Å²) >= 11 is 0. The summed E-state index contributed by atoms with van der Waals surface area (Å²) in [5, 5.41) is 13.5. The first kappa shape index (κ1) is 15.7. The monoisotopic (exact) mass is 303 g/mol. The van der Waals surface area contributed by atoms with Gasteiger partial charge in [-0.05, 0) is 32.2 Å². The van der Waals surface area contributed by atoms with Crippen molar-refractivity contribution < 1.29 is 14.1 Å². The van der Waals surface area contributed by atoms with Crippen LogP contribution >= 0.6 is 0 Å². The molecule has 1 heterocycles. The van der Waals surface area contributed by atoms with Crippen molar-refractivity contribution in [2.45, 2.75) is 19.5 Å². The summed E-state index contributed by atoms with van der Waals surface area (Å²) in [7, 11) is 1.78. The van der Waals surface area contributed by atoms with E-state index in [4.69, 9.17) is 4.42 Å². The van der Waals surface area contributed by atoms with Gasteiger partial charge >= 0.3 is 0 Å². The van der Waals surface area contributed by atoms with Gasteiger partial charge in [0.15, 0.2) is 0 Å². The topological polar surface area (TPSA) is 88.6 Å². The van der Waals surface area contributed by atoms with Gasteiger partial charge in [-0.1, -0.05) is 12.1 Å². The van der Waals surface area contributed by atoms with Crippen LogP contribution in [0.3, 0.4) is 0 Å². The SMILES string of the molecule is C[C@@H](C(=O)Nc1ccccc1[N+](=O)[O-])N(C)Cc1ccco1. The van der Waals surface area contributed by atoms with Crippen LogP contribution in [0.5, 0.6) is 0 Å². The lowest BCUT2D eigenvalue weighted by Gasteiger charge is -2.22. The molecule has 0 fully saturated rings. The molecule has 1 amide bonds.